The standard InChI is InChI=1S/C21H26N4O3/c1-3-11-25-19(26)10-9-18(22-25)21(28)24-14-12-23(13-15-24)20(27)17-7-5-16(4-2)6-8-17/h5-10H,3-4,11-15H2,1-2H3. The van der Waals surface area contributed by atoms with Crippen molar-refractivity contribution in [2.45, 2.75) is 33.2 Å². The third kappa shape index (κ3) is 4.30. The van der Waals surface area contributed by atoms with Gasteiger partial charge in [0, 0.05) is 44.4 Å². The summed E-state index contributed by atoms with van der Waals surface area (Å²) in [7, 11) is 0. The average molecular weight is 382 g/mol. The summed E-state index contributed by atoms with van der Waals surface area (Å²) >= 11 is 0. The molecule has 148 valence electrons. The van der Waals surface area contributed by atoms with Crippen molar-refractivity contribution in [2.24, 2.45) is 0 Å². The Hall–Kier alpha value is -2.96. The summed E-state index contributed by atoms with van der Waals surface area (Å²) < 4.78 is 1.33. The van der Waals surface area contributed by atoms with Gasteiger partial charge < -0.3 is 9.80 Å². The van der Waals surface area contributed by atoms with E-state index in [0.29, 0.717) is 38.3 Å². The molecule has 1 aromatic carbocycles. The fourth-order valence-electron chi connectivity index (χ4n) is 3.28. The molecular formula is C21H26N4O3. The normalized spacial score (nSPS) is 14.2. The lowest BCUT2D eigenvalue weighted by atomic mass is 10.1. The summed E-state index contributed by atoms with van der Waals surface area (Å²) in [5, 5.41) is 4.19. The minimum absolute atomic E-state index is 0.00984. The molecule has 1 fully saturated rings. The van der Waals surface area contributed by atoms with E-state index in [1.54, 1.807) is 9.80 Å². The van der Waals surface area contributed by atoms with E-state index >= 15 is 0 Å². The highest BCUT2D eigenvalue weighted by Crippen LogP contribution is 2.12. The maximum Gasteiger partial charge on any atom is 0.274 e. The quantitative estimate of drug-likeness (QED) is 0.790. The molecule has 1 aliphatic rings. The van der Waals surface area contributed by atoms with Crippen LogP contribution in [-0.2, 0) is 13.0 Å². The van der Waals surface area contributed by atoms with Crippen LogP contribution < -0.4 is 5.56 Å². The SMILES string of the molecule is CCCn1nc(C(=O)N2CCN(C(=O)c3ccc(CC)cc3)CC2)ccc1=O. The van der Waals surface area contributed by atoms with Gasteiger partial charge in [0.1, 0.15) is 5.69 Å². The number of carbonyl (C=O) groups excluding carboxylic acids is 2. The lowest BCUT2D eigenvalue weighted by Crippen LogP contribution is -2.51. The van der Waals surface area contributed by atoms with Crippen LogP contribution in [0, 0.1) is 0 Å². The van der Waals surface area contributed by atoms with Crippen LogP contribution in [0.15, 0.2) is 41.2 Å². The van der Waals surface area contributed by atoms with Gasteiger partial charge in [0.2, 0.25) is 0 Å². The van der Waals surface area contributed by atoms with Crippen LogP contribution in [0.3, 0.4) is 0 Å². The topological polar surface area (TPSA) is 75.5 Å². The van der Waals surface area contributed by atoms with Gasteiger partial charge >= 0.3 is 0 Å². The third-order valence-corrected chi connectivity index (χ3v) is 4.98. The molecule has 2 heterocycles. The first-order valence-electron chi connectivity index (χ1n) is 9.79. The molecule has 1 aromatic heterocycles. The average Bonchev–Trinajstić information content (AvgIpc) is 2.74. The summed E-state index contributed by atoms with van der Waals surface area (Å²) in [6.07, 6.45) is 1.71. The number of carbonyl (C=O) groups is 2. The van der Waals surface area contributed by atoms with Crippen molar-refractivity contribution in [3.63, 3.8) is 0 Å². The Morgan fingerprint density at radius 3 is 2.07 bits per heavy atom. The van der Waals surface area contributed by atoms with E-state index in [2.05, 4.69) is 12.0 Å². The van der Waals surface area contributed by atoms with Crippen LogP contribution in [0.2, 0.25) is 0 Å². The van der Waals surface area contributed by atoms with Crippen molar-refractivity contribution in [1.82, 2.24) is 19.6 Å². The van der Waals surface area contributed by atoms with Gasteiger partial charge in [-0.2, -0.15) is 5.10 Å². The lowest BCUT2D eigenvalue weighted by molar-refractivity contribution is 0.0530. The molecule has 1 saturated heterocycles. The van der Waals surface area contributed by atoms with E-state index in [4.69, 9.17) is 0 Å². The van der Waals surface area contributed by atoms with Gasteiger partial charge in [0.25, 0.3) is 17.4 Å². The molecule has 0 radical (unpaired) electrons. The van der Waals surface area contributed by atoms with Crippen molar-refractivity contribution in [3.05, 3.63) is 63.6 Å². The molecular weight excluding hydrogens is 356 g/mol. The van der Waals surface area contributed by atoms with Gasteiger partial charge in [-0.25, -0.2) is 4.68 Å². The Balaban J connectivity index is 1.63. The smallest absolute Gasteiger partial charge is 0.274 e. The Morgan fingerprint density at radius 2 is 1.50 bits per heavy atom. The zero-order chi connectivity index (χ0) is 20.1. The summed E-state index contributed by atoms with van der Waals surface area (Å²) in [5.74, 6) is -0.214. The number of amides is 2. The number of piperazine rings is 1. The second-order valence-electron chi connectivity index (χ2n) is 6.91. The van der Waals surface area contributed by atoms with E-state index in [-0.39, 0.29) is 23.1 Å². The predicted molar refractivity (Wildman–Crippen MR) is 106 cm³/mol. The molecule has 7 nitrogen and oxygen atoms in total. The van der Waals surface area contributed by atoms with Crippen LogP contribution in [0.4, 0.5) is 0 Å². The van der Waals surface area contributed by atoms with Crippen molar-refractivity contribution < 1.29 is 9.59 Å². The molecule has 0 aliphatic carbocycles. The molecule has 0 atom stereocenters. The molecule has 2 aromatic rings. The van der Waals surface area contributed by atoms with Crippen molar-refractivity contribution in [1.29, 1.82) is 0 Å². The van der Waals surface area contributed by atoms with Gasteiger partial charge in [-0.15, -0.1) is 0 Å². The van der Waals surface area contributed by atoms with E-state index in [0.717, 1.165) is 12.8 Å². The largest absolute Gasteiger partial charge is 0.335 e. The van der Waals surface area contributed by atoms with Crippen molar-refractivity contribution >= 4 is 11.8 Å². The highest BCUT2D eigenvalue weighted by atomic mass is 16.2. The zero-order valence-electron chi connectivity index (χ0n) is 16.4. The molecule has 2 amide bonds. The van der Waals surface area contributed by atoms with E-state index in [9.17, 15) is 14.4 Å². The number of hydrogen-bond donors (Lipinski definition) is 0. The first kappa shape index (κ1) is 19.8. The maximum absolute atomic E-state index is 12.7. The number of rotatable bonds is 5. The lowest BCUT2D eigenvalue weighted by Gasteiger charge is -2.34. The minimum Gasteiger partial charge on any atom is -0.335 e. The summed E-state index contributed by atoms with van der Waals surface area (Å²) in [6, 6.07) is 10.5. The predicted octanol–water partition coefficient (Wildman–Crippen LogP) is 1.81. The molecule has 0 saturated carbocycles. The van der Waals surface area contributed by atoms with Crippen LogP contribution in [0.25, 0.3) is 0 Å². The third-order valence-electron chi connectivity index (χ3n) is 4.98. The molecule has 0 unspecified atom stereocenters. The molecule has 1 aliphatic heterocycles. The van der Waals surface area contributed by atoms with Crippen LogP contribution in [0.1, 0.15) is 46.7 Å². The number of nitrogens with zero attached hydrogens (tertiary/aromatic N) is 4. The van der Waals surface area contributed by atoms with E-state index in [1.165, 1.54) is 22.4 Å². The van der Waals surface area contributed by atoms with Crippen LogP contribution >= 0.6 is 0 Å². The Morgan fingerprint density at radius 1 is 0.893 bits per heavy atom. The minimum atomic E-state index is -0.206. The number of hydrogen-bond acceptors (Lipinski definition) is 4. The highest BCUT2D eigenvalue weighted by Gasteiger charge is 2.26. The number of aryl methyl sites for hydroxylation is 2. The Labute approximate surface area is 164 Å². The van der Waals surface area contributed by atoms with Crippen molar-refractivity contribution in [2.75, 3.05) is 26.2 Å². The molecule has 0 bridgehead atoms. The van der Waals surface area contributed by atoms with Gasteiger partial charge in [0.05, 0.1) is 0 Å². The maximum atomic E-state index is 12.7. The fourth-order valence-corrected chi connectivity index (χ4v) is 3.28. The fraction of sp³-hybridized carbons (Fsp3) is 0.429. The van der Waals surface area contributed by atoms with Crippen molar-refractivity contribution in [3.8, 4) is 0 Å². The second-order valence-corrected chi connectivity index (χ2v) is 6.91. The second kappa shape index (κ2) is 8.82. The highest BCUT2D eigenvalue weighted by molar-refractivity contribution is 5.95. The summed E-state index contributed by atoms with van der Waals surface area (Å²) in [6.45, 7) is 6.38. The first-order chi connectivity index (χ1) is 13.5. The van der Waals surface area contributed by atoms with Gasteiger partial charge in [-0.1, -0.05) is 26.0 Å². The Kier molecular flexibility index (Phi) is 6.23. The molecule has 3 rings (SSSR count). The summed E-state index contributed by atoms with van der Waals surface area (Å²) in [4.78, 5) is 40.6. The van der Waals surface area contributed by atoms with Crippen LogP contribution in [0.5, 0.6) is 0 Å². The van der Waals surface area contributed by atoms with Gasteiger partial charge in [-0.05, 0) is 36.6 Å². The molecule has 28 heavy (non-hydrogen) atoms. The summed E-state index contributed by atoms with van der Waals surface area (Å²) in [5.41, 5.74) is 1.93. The molecule has 0 spiro atoms. The van der Waals surface area contributed by atoms with Gasteiger partial charge in [-0.3, -0.25) is 14.4 Å². The molecule has 0 N–H and O–H groups in total. The monoisotopic (exact) mass is 382 g/mol. The van der Waals surface area contributed by atoms with E-state index in [1.807, 2.05) is 31.2 Å². The number of aromatic nitrogens is 2. The van der Waals surface area contributed by atoms with E-state index < -0.39 is 0 Å². The first-order valence-corrected chi connectivity index (χ1v) is 9.79. The Bertz CT molecular complexity index is 897. The van der Waals surface area contributed by atoms with Crippen LogP contribution in [-0.4, -0.2) is 57.6 Å². The molecule has 7 heteroatoms. The number of benzene rings is 1. The van der Waals surface area contributed by atoms with Gasteiger partial charge in [0.15, 0.2) is 0 Å². The zero-order valence-corrected chi connectivity index (χ0v) is 16.4.